The molecule has 1 saturated heterocycles. The van der Waals surface area contributed by atoms with Gasteiger partial charge in [0.1, 0.15) is 5.75 Å². The molecule has 0 spiro atoms. The predicted octanol–water partition coefficient (Wildman–Crippen LogP) is 3.41. The van der Waals surface area contributed by atoms with Gasteiger partial charge in [-0.1, -0.05) is 6.92 Å². The van der Waals surface area contributed by atoms with E-state index in [1.807, 2.05) is 4.90 Å². The average molecular weight is 289 g/mol. The van der Waals surface area contributed by atoms with Gasteiger partial charge < -0.3 is 9.64 Å². The third-order valence-corrected chi connectivity index (χ3v) is 4.05. The van der Waals surface area contributed by atoms with Gasteiger partial charge in [0.25, 0.3) is 5.91 Å². The molecule has 1 heterocycles. The molecule has 1 fully saturated rings. The predicted molar refractivity (Wildman–Crippen MR) is 81.3 cm³/mol. The fraction of sp³-hybridized carbons (Fsp3) is 0.529. The lowest BCUT2D eigenvalue weighted by Crippen LogP contribution is -2.47. The van der Waals surface area contributed by atoms with Crippen LogP contribution in [0.25, 0.3) is 0 Å². The van der Waals surface area contributed by atoms with Crippen molar-refractivity contribution < 1.29 is 14.3 Å². The van der Waals surface area contributed by atoms with Crippen LogP contribution in [0.3, 0.4) is 0 Å². The van der Waals surface area contributed by atoms with Gasteiger partial charge >= 0.3 is 5.97 Å². The molecule has 1 aliphatic rings. The van der Waals surface area contributed by atoms with E-state index in [1.54, 1.807) is 31.2 Å². The Morgan fingerprint density at radius 2 is 1.71 bits per heavy atom. The van der Waals surface area contributed by atoms with Crippen molar-refractivity contribution in [2.45, 2.75) is 58.5 Å². The highest BCUT2D eigenvalue weighted by Gasteiger charge is 2.29. The summed E-state index contributed by atoms with van der Waals surface area (Å²) < 4.78 is 5.12. The zero-order valence-electron chi connectivity index (χ0n) is 13.0. The highest BCUT2D eigenvalue weighted by atomic mass is 16.5. The van der Waals surface area contributed by atoms with Crippen molar-refractivity contribution in [3.8, 4) is 5.75 Å². The molecule has 1 amide bonds. The number of amides is 1. The van der Waals surface area contributed by atoms with E-state index >= 15 is 0 Å². The number of benzene rings is 1. The van der Waals surface area contributed by atoms with Crippen molar-refractivity contribution in [3.63, 3.8) is 0 Å². The highest BCUT2D eigenvalue weighted by molar-refractivity contribution is 5.94. The Labute approximate surface area is 126 Å². The van der Waals surface area contributed by atoms with Gasteiger partial charge in [-0.2, -0.15) is 0 Å². The zero-order valence-corrected chi connectivity index (χ0v) is 13.0. The first kappa shape index (κ1) is 15.5. The molecule has 114 valence electrons. The van der Waals surface area contributed by atoms with E-state index in [1.165, 1.54) is 6.42 Å². The molecule has 0 N–H and O–H groups in total. The number of carbonyl (C=O) groups is 2. The number of hydrogen-bond acceptors (Lipinski definition) is 3. The molecular weight excluding hydrogens is 266 g/mol. The van der Waals surface area contributed by atoms with Crippen LogP contribution in [0.4, 0.5) is 0 Å². The van der Waals surface area contributed by atoms with Gasteiger partial charge in [-0.05, 0) is 57.4 Å². The van der Waals surface area contributed by atoms with Gasteiger partial charge in [0, 0.05) is 24.1 Å². The van der Waals surface area contributed by atoms with Gasteiger partial charge in [-0.25, -0.2) is 0 Å². The van der Waals surface area contributed by atoms with E-state index < -0.39 is 0 Å². The van der Waals surface area contributed by atoms with Crippen molar-refractivity contribution in [1.29, 1.82) is 0 Å². The monoisotopic (exact) mass is 289 g/mol. The first-order valence-electron chi connectivity index (χ1n) is 7.66. The summed E-state index contributed by atoms with van der Waals surface area (Å²) in [5.41, 5.74) is 0.645. The lowest BCUT2D eigenvalue weighted by atomic mass is 9.96. The molecule has 0 radical (unpaired) electrons. The number of likely N-dealkylation sites (tertiary alicyclic amines) is 1. The lowest BCUT2D eigenvalue weighted by molar-refractivity contribution is -0.134. The molecule has 1 aromatic carbocycles. The van der Waals surface area contributed by atoms with E-state index in [0.29, 0.717) is 17.7 Å². The minimum absolute atomic E-state index is 0.0584. The van der Waals surface area contributed by atoms with E-state index in [9.17, 15) is 9.59 Å². The Morgan fingerprint density at radius 1 is 1.14 bits per heavy atom. The number of hydrogen-bond donors (Lipinski definition) is 0. The molecule has 4 heteroatoms. The highest BCUT2D eigenvalue weighted by Crippen LogP contribution is 2.25. The Hall–Kier alpha value is -1.84. The quantitative estimate of drug-likeness (QED) is 0.633. The number of carbonyl (C=O) groups excluding carboxylic acids is 2. The minimum Gasteiger partial charge on any atom is -0.427 e. The number of piperidine rings is 1. The van der Waals surface area contributed by atoms with Crippen LogP contribution in [0.5, 0.6) is 5.75 Å². The van der Waals surface area contributed by atoms with Crippen molar-refractivity contribution in [2.24, 2.45) is 0 Å². The van der Waals surface area contributed by atoms with Crippen LogP contribution < -0.4 is 4.74 Å². The molecule has 2 atom stereocenters. The first-order chi connectivity index (χ1) is 10.0. The van der Waals surface area contributed by atoms with Crippen LogP contribution in [0.15, 0.2) is 24.3 Å². The van der Waals surface area contributed by atoms with Gasteiger partial charge in [-0.3, -0.25) is 9.59 Å². The SMILES string of the molecule is CCC(=O)Oc1ccc(C(=O)N2[C@H](C)CCC[C@H]2C)cc1. The number of rotatable bonds is 3. The molecule has 2 rings (SSSR count). The van der Waals surface area contributed by atoms with E-state index in [0.717, 1.165) is 12.8 Å². The summed E-state index contributed by atoms with van der Waals surface area (Å²) in [7, 11) is 0. The van der Waals surface area contributed by atoms with Gasteiger partial charge in [0.2, 0.25) is 0 Å². The van der Waals surface area contributed by atoms with Crippen LogP contribution in [-0.4, -0.2) is 28.9 Å². The van der Waals surface area contributed by atoms with Gasteiger partial charge in [0.05, 0.1) is 0 Å². The van der Waals surface area contributed by atoms with E-state index in [4.69, 9.17) is 4.74 Å². The van der Waals surface area contributed by atoms with Crippen LogP contribution >= 0.6 is 0 Å². The summed E-state index contributed by atoms with van der Waals surface area (Å²) in [5, 5.41) is 0. The molecule has 1 aromatic rings. The van der Waals surface area contributed by atoms with Gasteiger partial charge in [0.15, 0.2) is 0 Å². The molecule has 0 unspecified atom stereocenters. The fourth-order valence-corrected chi connectivity index (χ4v) is 2.84. The van der Waals surface area contributed by atoms with Crippen molar-refractivity contribution in [3.05, 3.63) is 29.8 Å². The molecule has 0 aliphatic carbocycles. The smallest absolute Gasteiger partial charge is 0.310 e. The van der Waals surface area contributed by atoms with Crippen LogP contribution in [0.2, 0.25) is 0 Å². The second kappa shape index (κ2) is 6.74. The summed E-state index contributed by atoms with van der Waals surface area (Å²) in [6.07, 6.45) is 3.63. The molecule has 4 nitrogen and oxygen atoms in total. The summed E-state index contributed by atoms with van der Waals surface area (Å²) in [6, 6.07) is 7.38. The topological polar surface area (TPSA) is 46.6 Å². The van der Waals surface area contributed by atoms with E-state index in [-0.39, 0.29) is 24.0 Å². The maximum Gasteiger partial charge on any atom is 0.310 e. The molecule has 0 saturated carbocycles. The summed E-state index contributed by atoms with van der Waals surface area (Å²) in [6.45, 7) is 5.95. The molecular formula is C17H23NO3. The minimum atomic E-state index is -0.271. The third-order valence-electron chi connectivity index (χ3n) is 4.05. The van der Waals surface area contributed by atoms with Crippen molar-refractivity contribution in [1.82, 2.24) is 4.90 Å². The molecule has 0 bridgehead atoms. The Kier molecular flexibility index (Phi) is 4.99. The van der Waals surface area contributed by atoms with E-state index in [2.05, 4.69) is 13.8 Å². The summed E-state index contributed by atoms with van der Waals surface area (Å²) in [5.74, 6) is 0.272. The maximum absolute atomic E-state index is 12.6. The maximum atomic E-state index is 12.6. The standard InChI is InChI=1S/C17H23NO3/c1-4-16(19)21-15-10-8-14(9-11-15)17(20)18-12(2)6-5-7-13(18)3/h8-13H,4-7H2,1-3H3/t12-,13-/m1/s1. The summed E-state index contributed by atoms with van der Waals surface area (Å²) in [4.78, 5) is 25.8. The molecule has 0 aromatic heterocycles. The Bertz CT molecular complexity index is 499. The second-order valence-electron chi connectivity index (χ2n) is 5.69. The van der Waals surface area contributed by atoms with Crippen LogP contribution in [-0.2, 0) is 4.79 Å². The Balaban J connectivity index is 2.10. The number of ether oxygens (including phenoxy) is 1. The van der Waals surface area contributed by atoms with Crippen LogP contribution in [0.1, 0.15) is 56.8 Å². The Morgan fingerprint density at radius 3 is 2.24 bits per heavy atom. The average Bonchev–Trinajstić information content (AvgIpc) is 2.47. The number of nitrogens with zero attached hydrogens (tertiary/aromatic N) is 1. The largest absolute Gasteiger partial charge is 0.427 e. The van der Waals surface area contributed by atoms with Gasteiger partial charge in [-0.15, -0.1) is 0 Å². The van der Waals surface area contributed by atoms with Crippen molar-refractivity contribution >= 4 is 11.9 Å². The molecule has 1 aliphatic heterocycles. The third kappa shape index (κ3) is 3.63. The normalized spacial score (nSPS) is 22.0. The number of esters is 1. The first-order valence-corrected chi connectivity index (χ1v) is 7.66. The molecule has 21 heavy (non-hydrogen) atoms. The lowest BCUT2D eigenvalue weighted by Gasteiger charge is -2.39. The second-order valence-corrected chi connectivity index (χ2v) is 5.69. The van der Waals surface area contributed by atoms with Crippen LogP contribution in [0, 0.1) is 0 Å². The zero-order chi connectivity index (χ0) is 15.4. The fourth-order valence-electron chi connectivity index (χ4n) is 2.84. The summed E-state index contributed by atoms with van der Waals surface area (Å²) >= 11 is 0. The van der Waals surface area contributed by atoms with Crippen molar-refractivity contribution in [2.75, 3.05) is 0 Å².